The number of nitriles is 1. The first kappa shape index (κ1) is 15.6. The first-order chi connectivity index (χ1) is 10.1. The molecule has 1 aliphatic rings. The Hall–Kier alpha value is -1.74. The monoisotopic (exact) mass is 307 g/mol. The molecule has 21 heavy (non-hydrogen) atoms. The Morgan fingerprint density at radius 1 is 1.48 bits per heavy atom. The van der Waals surface area contributed by atoms with Gasteiger partial charge in [-0.1, -0.05) is 13.3 Å². The minimum Gasteiger partial charge on any atom is -0.462 e. The van der Waals surface area contributed by atoms with E-state index in [-0.39, 0.29) is 5.69 Å². The van der Waals surface area contributed by atoms with E-state index < -0.39 is 5.97 Å². The standard InChI is InChI=1S/C15H21N3O2S/c1-3-10-5-7-18(8-6-10)14-12(15(19)20-4-2)13(17)11(9-16)21-14/h10H,3-8,17H2,1-2H3. The van der Waals surface area contributed by atoms with Crippen LogP contribution in [0.3, 0.4) is 0 Å². The number of hydrogen-bond acceptors (Lipinski definition) is 6. The van der Waals surface area contributed by atoms with Crippen molar-refractivity contribution in [3.63, 3.8) is 0 Å². The molecule has 1 aromatic rings. The summed E-state index contributed by atoms with van der Waals surface area (Å²) in [7, 11) is 0. The second kappa shape index (κ2) is 6.81. The number of rotatable bonds is 4. The average molecular weight is 307 g/mol. The zero-order valence-corrected chi connectivity index (χ0v) is 13.3. The Morgan fingerprint density at radius 3 is 2.67 bits per heavy atom. The van der Waals surface area contributed by atoms with Crippen molar-refractivity contribution in [2.45, 2.75) is 33.1 Å². The summed E-state index contributed by atoms with van der Waals surface area (Å²) in [5.74, 6) is 0.320. The van der Waals surface area contributed by atoms with Gasteiger partial charge in [0.15, 0.2) is 0 Å². The van der Waals surface area contributed by atoms with Crippen molar-refractivity contribution in [2.75, 3.05) is 30.3 Å². The van der Waals surface area contributed by atoms with Gasteiger partial charge in [-0.25, -0.2) is 4.79 Å². The molecule has 0 unspecified atom stereocenters. The molecule has 0 bridgehead atoms. The van der Waals surface area contributed by atoms with Crippen LogP contribution in [-0.4, -0.2) is 25.7 Å². The van der Waals surface area contributed by atoms with E-state index >= 15 is 0 Å². The van der Waals surface area contributed by atoms with Gasteiger partial charge in [0.05, 0.1) is 12.3 Å². The second-order valence-corrected chi connectivity index (χ2v) is 6.20. The molecule has 114 valence electrons. The van der Waals surface area contributed by atoms with Crippen LogP contribution in [0.1, 0.15) is 48.3 Å². The molecule has 2 rings (SSSR count). The second-order valence-electron chi connectivity index (χ2n) is 5.20. The summed E-state index contributed by atoms with van der Waals surface area (Å²) in [6.07, 6.45) is 3.41. The van der Waals surface area contributed by atoms with Gasteiger partial charge in [0, 0.05) is 13.1 Å². The number of nitrogens with two attached hydrogens (primary N) is 1. The number of esters is 1. The highest BCUT2D eigenvalue weighted by atomic mass is 32.1. The van der Waals surface area contributed by atoms with Gasteiger partial charge in [0.2, 0.25) is 0 Å². The molecule has 0 atom stereocenters. The largest absolute Gasteiger partial charge is 0.462 e. The van der Waals surface area contributed by atoms with Crippen LogP contribution in [0.5, 0.6) is 0 Å². The lowest BCUT2D eigenvalue weighted by atomic mass is 9.94. The summed E-state index contributed by atoms with van der Waals surface area (Å²) in [6, 6.07) is 2.07. The first-order valence-corrected chi connectivity index (χ1v) is 8.18. The van der Waals surface area contributed by atoms with Crippen molar-refractivity contribution >= 4 is 28.0 Å². The fraction of sp³-hybridized carbons (Fsp3) is 0.600. The Balaban J connectivity index is 2.30. The maximum absolute atomic E-state index is 12.1. The molecule has 0 radical (unpaired) electrons. The van der Waals surface area contributed by atoms with Crippen molar-refractivity contribution in [1.29, 1.82) is 5.26 Å². The summed E-state index contributed by atoms with van der Waals surface area (Å²) >= 11 is 1.29. The molecule has 6 heteroatoms. The van der Waals surface area contributed by atoms with Crippen LogP contribution in [0.4, 0.5) is 10.7 Å². The summed E-state index contributed by atoms with van der Waals surface area (Å²) in [4.78, 5) is 14.7. The lowest BCUT2D eigenvalue weighted by Gasteiger charge is -2.32. The molecule has 0 aromatic carbocycles. The number of nitrogens with zero attached hydrogens (tertiary/aromatic N) is 2. The highest BCUT2D eigenvalue weighted by Gasteiger charge is 2.28. The van der Waals surface area contributed by atoms with Crippen LogP contribution >= 0.6 is 11.3 Å². The molecular weight excluding hydrogens is 286 g/mol. The van der Waals surface area contributed by atoms with Gasteiger partial charge in [-0.2, -0.15) is 5.26 Å². The predicted molar refractivity (Wildman–Crippen MR) is 84.6 cm³/mol. The molecule has 1 aromatic heterocycles. The van der Waals surface area contributed by atoms with Crippen LogP contribution in [0.15, 0.2) is 0 Å². The van der Waals surface area contributed by atoms with Crippen molar-refractivity contribution in [1.82, 2.24) is 0 Å². The fourth-order valence-corrected chi connectivity index (χ4v) is 3.74. The molecule has 0 aliphatic carbocycles. The molecule has 5 nitrogen and oxygen atoms in total. The van der Waals surface area contributed by atoms with Gasteiger partial charge in [-0.3, -0.25) is 0 Å². The van der Waals surface area contributed by atoms with Crippen molar-refractivity contribution in [3.8, 4) is 6.07 Å². The molecule has 2 N–H and O–H groups in total. The van der Waals surface area contributed by atoms with Gasteiger partial charge in [0.1, 0.15) is 21.5 Å². The summed E-state index contributed by atoms with van der Waals surface area (Å²) in [5, 5.41) is 9.95. The van der Waals surface area contributed by atoms with Crippen LogP contribution in [0, 0.1) is 17.2 Å². The molecule has 0 saturated carbocycles. The van der Waals surface area contributed by atoms with E-state index in [1.165, 1.54) is 17.8 Å². The molecular formula is C15H21N3O2S. The van der Waals surface area contributed by atoms with Crippen LogP contribution in [0.25, 0.3) is 0 Å². The Kier molecular flexibility index (Phi) is 5.07. The maximum Gasteiger partial charge on any atom is 0.343 e. The minimum atomic E-state index is -0.430. The molecule has 1 aliphatic heterocycles. The van der Waals surface area contributed by atoms with Gasteiger partial charge < -0.3 is 15.4 Å². The number of carbonyl (C=O) groups excluding carboxylic acids is 1. The van der Waals surface area contributed by atoms with E-state index in [4.69, 9.17) is 15.7 Å². The van der Waals surface area contributed by atoms with E-state index in [1.54, 1.807) is 6.92 Å². The Bertz CT molecular complexity index is 554. The lowest BCUT2D eigenvalue weighted by molar-refractivity contribution is 0.0528. The smallest absolute Gasteiger partial charge is 0.343 e. The summed E-state index contributed by atoms with van der Waals surface area (Å²) < 4.78 is 5.09. The number of nitrogen functional groups attached to an aromatic ring is 1. The number of ether oxygens (including phenoxy) is 1. The third-order valence-corrected chi connectivity index (χ3v) is 5.16. The van der Waals surface area contributed by atoms with E-state index in [2.05, 4.69) is 17.9 Å². The third kappa shape index (κ3) is 3.13. The van der Waals surface area contributed by atoms with Crippen molar-refractivity contribution in [3.05, 3.63) is 10.4 Å². The minimum absolute atomic E-state index is 0.258. The zero-order chi connectivity index (χ0) is 15.4. The fourth-order valence-electron chi connectivity index (χ4n) is 2.68. The highest BCUT2D eigenvalue weighted by molar-refractivity contribution is 7.17. The normalized spacial score (nSPS) is 15.8. The number of thiophene rings is 1. The number of hydrogen-bond donors (Lipinski definition) is 1. The van der Waals surface area contributed by atoms with Gasteiger partial charge in [0.25, 0.3) is 0 Å². The van der Waals surface area contributed by atoms with E-state index in [0.29, 0.717) is 17.0 Å². The molecule has 0 spiro atoms. The third-order valence-electron chi connectivity index (χ3n) is 3.99. The predicted octanol–water partition coefficient (Wildman–Crippen LogP) is 3.01. The first-order valence-electron chi connectivity index (χ1n) is 7.36. The zero-order valence-electron chi connectivity index (χ0n) is 12.5. The van der Waals surface area contributed by atoms with Crippen LogP contribution < -0.4 is 10.6 Å². The Labute approximate surface area is 129 Å². The van der Waals surface area contributed by atoms with Crippen molar-refractivity contribution < 1.29 is 9.53 Å². The number of piperidine rings is 1. The van der Waals surface area contributed by atoms with Gasteiger partial charge in [-0.15, -0.1) is 11.3 Å². The van der Waals surface area contributed by atoms with E-state index in [9.17, 15) is 4.79 Å². The van der Waals surface area contributed by atoms with Gasteiger partial charge >= 0.3 is 5.97 Å². The quantitative estimate of drug-likeness (QED) is 0.865. The molecule has 0 amide bonds. The SMILES string of the molecule is CCOC(=O)c1c(N2CCC(CC)CC2)sc(C#N)c1N. The molecule has 2 heterocycles. The van der Waals surface area contributed by atoms with Crippen molar-refractivity contribution in [2.24, 2.45) is 5.92 Å². The highest BCUT2D eigenvalue weighted by Crippen LogP contribution is 2.40. The number of anilines is 2. The molecule has 1 saturated heterocycles. The van der Waals surface area contributed by atoms with Crippen LogP contribution in [0.2, 0.25) is 0 Å². The van der Waals surface area contributed by atoms with Gasteiger partial charge in [-0.05, 0) is 25.7 Å². The average Bonchev–Trinajstić information content (AvgIpc) is 2.84. The maximum atomic E-state index is 12.1. The molecule has 1 fully saturated rings. The lowest BCUT2D eigenvalue weighted by Crippen LogP contribution is -2.33. The Morgan fingerprint density at radius 2 is 2.14 bits per heavy atom. The summed E-state index contributed by atoms with van der Waals surface area (Å²) in [6.45, 7) is 6.07. The summed E-state index contributed by atoms with van der Waals surface area (Å²) in [5.41, 5.74) is 6.59. The van der Waals surface area contributed by atoms with E-state index in [1.807, 2.05) is 0 Å². The van der Waals surface area contributed by atoms with Crippen LogP contribution in [-0.2, 0) is 4.74 Å². The topological polar surface area (TPSA) is 79.3 Å². The number of carbonyl (C=O) groups is 1. The van der Waals surface area contributed by atoms with E-state index in [0.717, 1.165) is 36.9 Å².